The average Bonchev–Trinajstić information content (AvgIpc) is 3.35. The van der Waals surface area contributed by atoms with Crippen molar-refractivity contribution in [1.29, 1.82) is 5.26 Å². The second-order valence-corrected chi connectivity index (χ2v) is 7.52. The van der Waals surface area contributed by atoms with Crippen molar-refractivity contribution >= 4 is 21.8 Å². The zero-order valence-electron chi connectivity index (χ0n) is 16.6. The molecule has 1 aliphatic rings. The number of ether oxygens (including phenoxy) is 1. The Kier molecular flexibility index (Phi) is 7.36. The highest BCUT2D eigenvalue weighted by Crippen LogP contribution is 2.24. The molecule has 1 fully saturated rings. The van der Waals surface area contributed by atoms with Gasteiger partial charge >= 0.3 is 0 Å². The second kappa shape index (κ2) is 10.4. The van der Waals surface area contributed by atoms with Crippen LogP contribution in [0.1, 0.15) is 28.8 Å². The molecule has 9 heteroatoms. The lowest BCUT2D eigenvalue weighted by Gasteiger charge is -2.33. The fraction of sp³-hybridized carbons (Fsp3) is 0.227. The van der Waals surface area contributed by atoms with Crippen LogP contribution < -0.4 is 4.74 Å². The maximum absolute atomic E-state index is 13.3. The minimum absolute atomic E-state index is 0.106. The van der Waals surface area contributed by atoms with Crippen LogP contribution in [-0.2, 0) is 0 Å². The van der Waals surface area contributed by atoms with E-state index < -0.39 is 0 Å². The summed E-state index contributed by atoms with van der Waals surface area (Å²) in [6, 6.07) is 10.8. The lowest BCUT2D eigenvalue weighted by atomic mass is 10.1. The van der Waals surface area contributed by atoms with Crippen LogP contribution in [-0.4, -0.2) is 50.0 Å². The summed E-state index contributed by atoms with van der Waals surface area (Å²) in [5.41, 5.74) is 1.62. The Morgan fingerprint density at radius 1 is 1.19 bits per heavy atom. The number of amides is 1. The number of benzene rings is 1. The predicted molar refractivity (Wildman–Crippen MR) is 117 cm³/mol. The molecule has 1 saturated heterocycles. The van der Waals surface area contributed by atoms with E-state index in [1.807, 2.05) is 12.1 Å². The fourth-order valence-corrected chi connectivity index (χ4v) is 3.66. The molecule has 8 nitrogen and oxygen atoms in total. The molecule has 1 atom stereocenters. The Morgan fingerprint density at radius 2 is 1.97 bits per heavy atom. The maximum atomic E-state index is 13.3. The number of rotatable bonds is 4. The molecule has 3 heterocycles. The Bertz CT molecular complexity index is 1110. The van der Waals surface area contributed by atoms with E-state index in [1.165, 1.54) is 4.80 Å². The first kappa shape index (κ1) is 22.0. The molecule has 0 radical (unpaired) electrons. The summed E-state index contributed by atoms with van der Waals surface area (Å²) in [7, 11) is 0. The van der Waals surface area contributed by atoms with Crippen molar-refractivity contribution in [1.82, 2.24) is 24.9 Å². The maximum Gasteiger partial charge on any atom is 0.256 e. The smallest absolute Gasteiger partial charge is 0.256 e. The van der Waals surface area contributed by atoms with E-state index in [9.17, 15) is 4.79 Å². The van der Waals surface area contributed by atoms with Crippen LogP contribution in [0.3, 0.4) is 0 Å². The lowest BCUT2D eigenvalue weighted by molar-refractivity contribution is 0.0527. The molecular weight excluding hydrogens is 460 g/mol. The van der Waals surface area contributed by atoms with Gasteiger partial charge in [0.05, 0.1) is 41.8 Å². The number of hydrogen-bond donors (Lipinski definition) is 0. The topological polar surface area (TPSA) is 96.9 Å². The minimum Gasteiger partial charge on any atom is -0.472 e. The summed E-state index contributed by atoms with van der Waals surface area (Å²) >= 11 is 3.44. The lowest BCUT2D eigenvalue weighted by Crippen LogP contribution is -2.44. The molecule has 3 aromatic rings. The standard InChI is InChI=1S/C20H17BrN6O2.C2H2/c21-15-3-4-18(27-24-7-8-25-27)17(11-15)20(28)26-9-1-2-16(13-26)29-19-10-14(12-22)5-6-23-19;1-2/h3-8,10-11,16H,1-2,9,13H2;1-2H/t16-;/m1./s1. The Labute approximate surface area is 188 Å². The Hall–Kier alpha value is -3.69. The van der Waals surface area contributed by atoms with Crippen molar-refractivity contribution in [3.05, 3.63) is 64.5 Å². The quantitative estimate of drug-likeness (QED) is 0.534. The average molecular weight is 479 g/mol. The van der Waals surface area contributed by atoms with Gasteiger partial charge in [-0.2, -0.15) is 20.3 Å². The van der Waals surface area contributed by atoms with Gasteiger partial charge in [-0.25, -0.2) is 4.98 Å². The SMILES string of the molecule is C#C.N#Cc1ccnc(O[C@@H]2CCCN(C(=O)c3cc(Br)ccc3-n3nccn3)C2)c1. The van der Waals surface area contributed by atoms with E-state index in [0.29, 0.717) is 35.8 Å². The summed E-state index contributed by atoms with van der Waals surface area (Å²) in [6.07, 6.45) is 14.1. The Balaban J connectivity index is 0.00000132. The van der Waals surface area contributed by atoms with Gasteiger partial charge in [-0.05, 0) is 37.1 Å². The summed E-state index contributed by atoms with van der Waals surface area (Å²) in [5.74, 6) is 0.290. The van der Waals surface area contributed by atoms with Crippen LogP contribution in [0.15, 0.2) is 53.4 Å². The van der Waals surface area contributed by atoms with Crippen LogP contribution in [0, 0.1) is 24.2 Å². The van der Waals surface area contributed by atoms with Gasteiger partial charge < -0.3 is 9.64 Å². The zero-order valence-corrected chi connectivity index (χ0v) is 18.1. The number of nitriles is 1. The third-order valence-corrected chi connectivity index (χ3v) is 5.13. The largest absolute Gasteiger partial charge is 0.472 e. The molecule has 0 bridgehead atoms. The summed E-state index contributed by atoms with van der Waals surface area (Å²) < 4.78 is 6.75. The zero-order chi connectivity index (χ0) is 22.2. The molecule has 1 aliphatic heterocycles. The van der Waals surface area contributed by atoms with Crippen molar-refractivity contribution in [3.8, 4) is 30.5 Å². The fourth-order valence-electron chi connectivity index (χ4n) is 3.30. The molecule has 0 aliphatic carbocycles. The monoisotopic (exact) mass is 478 g/mol. The van der Waals surface area contributed by atoms with Crippen LogP contribution in [0.4, 0.5) is 0 Å². The van der Waals surface area contributed by atoms with Gasteiger partial charge in [-0.1, -0.05) is 15.9 Å². The molecule has 1 aromatic carbocycles. The van der Waals surface area contributed by atoms with Crippen LogP contribution in [0.2, 0.25) is 0 Å². The molecule has 31 heavy (non-hydrogen) atoms. The molecule has 1 amide bonds. The van der Waals surface area contributed by atoms with Gasteiger partial charge in [0.25, 0.3) is 5.91 Å². The van der Waals surface area contributed by atoms with Crippen LogP contribution >= 0.6 is 15.9 Å². The first-order chi connectivity index (χ1) is 15.1. The van der Waals surface area contributed by atoms with E-state index in [-0.39, 0.29) is 12.0 Å². The summed E-state index contributed by atoms with van der Waals surface area (Å²) in [5, 5.41) is 17.3. The van der Waals surface area contributed by atoms with Crippen molar-refractivity contribution in [3.63, 3.8) is 0 Å². The van der Waals surface area contributed by atoms with Gasteiger partial charge in [0.2, 0.25) is 5.88 Å². The van der Waals surface area contributed by atoms with Gasteiger partial charge in [-0.3, -0.25) is 4.79 Å². The number of halogens is 1. The number of nitrogens with zero attached hydrogens (tertiary/aromatic N) is 6. The van der Waals surface area contributed by atoms with E-state index in [2.05, 4.69) is 50.0 Å². The van der Waals surface area contributed by atoms with Gasteiger partial charge in [0.15, 0.2) is 0 Å². The molecular formula is C22H19BrN6O2. The van der Waals surface area contributed by atoms with Crippen molar-refractivity contribution in [2.45, 2.75) is 18.9 Å². The number of pyridine rings is 1. The molecule has 0 unspecified atom stereocenters. The number of terminal acetylenes is 1. The van der Waals surface area contributed by atoms with Gasteiger partial charge in [-0.15, -0.1) is 12.8 Å². The van der Waals surface area contributed by atoms with E-state index in [0.717, 1.165) is 17.3 Å². The highest BCUT2D eigenvalue weighted by atomic mass is 79.9. The first-order valence-corrected chi connectivity index (χ1v) is 10.2. The highest BCUT2D eigenvalue weighted by Gasteiger charge is 2.28. The summed E-state index contributed by atoms with van der Waals surface area (Å²) in [6.45, 7) is 1.08. The Morgan fingerprint density at radius 3 is 2.71 bits per heavy atom. The third kappa shape index (κ3) is 5.27. The van der Waals surface area contributed by atoms with E-state index in [4.69, 9.17) is 10.00 Å². The van der Waals surface area contributed by atoms with Crippen molar-refractivity contribution in [2.75, 3.05) is 13.1 Å². The number of piperidine rings is 1. The molecule has 0 N–H and O–H groups in total. The van der Waals surface area contributed by atoms with Gasteiger partial charge in [0, 0.05) is 23.3 Å². The van der Waals surface area contributed by atoms with Gasteiger partial charge in [0.1, 0.15) is 6.10 Å². The number of carbonyl (C=O) groups is 1. The normalized spacial score (nSPS) is 15.3. The molecule has 0 spiro atoms. The van der Waals surface area contributed by atoms with Crippen molar-refractivity contribution < 1.29 is 9.53 Å². The minimum atomic E-state index is -0.187. The number of aromatic nitrogens is 4. The number of carbonyl (C=O) groups excluding carboxylic acids is 1. The summed E-state index contributed by atoms with van der Waals surface area (Å²) in [4.78, 5) is 20.7. The van der Waals surface area contributed by atoms with Crippen molar-refractivity contribution in [2.24, 2.45) is 0 Å². The molecule has 2 aromatic heterocycles. The van der Waals surface area contributed by atoms with E-state index in [1.54, 1.807) is 41.7 Å². The second-order valence-electron chi connectivity index (χ2n) is 6.61. The van der Waals surface area contributed by atoms with Crippen LogP contribution in [0.25, 0.3) is 5.69 Å². The number of likely N-dealkylation sites (tertiary alicyclic amines) is 1. The predicted octanol–water partition coefficient (Wildman–Crippen LogP) is 3.23. The van der Waals surface area contributed by atoms with Crippen LogP contribution in [0.5, 0.6) is 5.88 Å². The highest BCUT2D eigenvalue weighted by molar-refractivity contribution is 9.10. The third-order valence-electron chi connectivity index (χ3n) is 4.64. The molecule has 0 saturated carbocycles. The first-order valence-electron chi connectivity index (χ1n) is 9.45. The van der Waals surface area contributed by atoms with E-state index >= 15 is 0 Å². The molecule has 156 valence electrons. The molecule has 4 rings (SSSR count). The number of hydrogen-bond acceptors (Lipinski definition) is 6.